The summed E-state index contributed by atoms with van der Waals surface area (Å²) in [5.41, 5.74) is 2.95. The smallest absolute Gasteiger partial charge is 0.0619 e. The van der Waals surface area contributed by atoms with E-state index < -0.39 is 0 Å². The second kappa shape index (κ2) is 5.91. The fourth-order valence-electron chi connectivity index (χ4n) is 3.69. The van der Waals surface area contributed by atoms with Crippen molar-refractivity contribution in [3.8, 4) is 0 Å². The fourth-order valence-corrected chi connectivity index (χ4v) is 3.78. The van der Waals surface area contributed by atoms with Gasteiger partial charge in [0.15, 0.2) is 0 Å². The van der Waals surface area contributed by atoms with Gasteiger partial charge in [0.05, 0.1) is 12.7 Å². The number of ether oxygens (including phenoxy) is 1. The SMILES string of the molecule is ClCCOC1CCc2c(ccc3c2ccc2ccccc23)C1. The van der Waals surface area contributed by atoms with Gasteiger partial charge in [-0.05, 0) is 51.9 Å². The van der Waals surface area contributed by atoms with Gasteiger partial charge in [0.2, 0.25) is 0 Å². The molecular weight excluding hydrogens is 292 g/mol. The van der Waals surface area contributed by atoms with Crippen LogP contribution in [0.4, 0.5) is 0 Å². The third kappa shape index (κ3) is 2.39. The average molecular weight is 311 g/mol. The molecule has 112 valence electrons. The zero-order valence-corrected chi connectivity index (χ0v) is 13.3. The van der Waals surface area contributed by atoms with E-state index in [0.29, 0.717) is 18.6 Å². The summed E-state index contributed by atoms with van der Waals surface area (Å²) >= 11 is 5.73. The van der Waals surface area contributed by atoms with Crippen molar-refractivity contribution in [2.24, 2.45) is 0 Å². The highest BCUT2D eigenvalue weighted by Crippen LogP contribution is 2.33. The maximum atomic E-state index is 5.84. The minimum atomic E-state index is 0.323. The summed E-state index contributed by atoms with van der Waals surface area (Å²) in [4.78, 5) is 0. The Morgan fingerprint density at radius 2 is 1.82 bits per heavy atom. The van der Waals surface area contributed by atoms with Gasteiger partial charge in [-0.1, -0.05) is 48.5 Å². The molecule has 0 radical (unpaired) electrons. The molecule has 0 fully saturated rings. The van der Waals surface area contributed by atoms with Gasteiger partial charge in [0, 0.05) is 5.88 Å². The number of aryl methyl sites for hydroxylation is 1. The first-order valence-corrected chi connectivity index (χ1v) is 8.50. The third-order valence-electron chi connectivity index (χ3n) is 4.73. The number of benzene rings is 3. The molecule has 4 rings (SSSR count). The van der Waals surface area contributed by atoms with Crippen LogP contribution in [0.3, 0.4) is 0 Å². The molecule has 22 heavy (non-hydrogen) atoms. The van der Waals surface area contributed by atoms with Crippen LogP contribution in [0.1, 0.15) is 17.5 Å². The topological polar surface area (TPSA) is 9.23 Å². The molecule has 0 heterocycles. The predicted octanol–water partition coefficient (Wildman–Crippen LogP) is 5.11. The Morgan fingerprint density at radius 3 is 2.73 bits per heavy atom. The minimum absolute atomic E-state index is 0.323. The van der Waals surface area contributed by atoms with Gasteiger partial charge in [-0.25, -0.2) is 0 Å². The Labute approximate surface area is 135 Å². The lowest BCUT2D eigenvalue weighted by Crippen LogP contribution is -2.23. The fraction of sp³-hybridized carbons (Fsp3) is 0.300. The van der Waals surface area contributed by atoms with E-state index in [-0.39, 0.29) is 0 Å². The highest BCUT2D eigenvalue weighted by atomic mass is 35.5. The van der Waals surface area contributed by atoms with E-state index in [1.807, 2.05) is 0 Å². The van der Waals surface area contributed by atoms with E-state index in [9.17, 15) is 0 Å². The van der Waals surface area contributed by atoms with E-state index in [4.69, 9.17) is 16.3 Å². The minimum Gasteiger partial charge on any atom is -0.377 e. The monoisotopic (exact) mass is 310 g/mol. The van der Waals surface area contributed by atoms with E-state index in [2.05, 4.69) is 48.5 Å². The molecule has 1 aliphatic carbocycles. The average Bonchev–Trinajstić information content (AvgIpc) is 2.59. The van der Waals surface area contributed by atoms with Crippen molar-refractivity contribution >= 4 is 33.1 Å². The zero-order valence-electron chi connectivity index (χ0n) is 12.5. The molecule has 0 aromatic heterocycles. The summed E-state index contributed by atoms with van der Waals surface area (Å²) in [6.07, 6.45) is 3.52. The normalized spacial score (nSPS) is 17.8. The molecule has 0 bridgehead atoms. The first kappa shape index (κ1) is 14.0. The molecule has 0 saturated heterocycles. The van der Waals surface area contributed by atoms with Crippen LogP contribution in [0, 0.1) is 0 Å². The molecule has 2 heteroatoms. The maximum Gasteiger partial charge on any atom is 0.0619 e. The Hall–Kier alpha value is -1.57. The predicted molar refractivity (Wildman–Crippen MR) is 93.9 cm³/mol. The molecule has 1 aliphatic rings. The number of fused-ring (bicyclic) bond motifs is 5. The summed E-state index contributed by atoms with van der Waals surface area (Å²) in [6, 6.07) is 17.7. The molecule has 3 aromatic carbocycles. The number of alkyl halides is 1. The molecule has 0 saturated carbocycles. The molecule has 1 unspecified atom stereocenters. The van der Waals surface area contributed by atoms with Crippen LogP contribution in [-0.2, 0) is 17.6 Å². The van der Waals surface area contributed by atoms with E-state index >= 15 is 0 Å². The van der Waals surface area contributed by atoms with E-state index in [1.165, 1.54) is 32.7 Å². The summed E-state index contributed by atoms with van der Waals surface area (Å²) < 4.78 is 5.84. The number of rotatable bonds is 3. The van der Waals surface area contributed by atoms with Crippen LogP contribution in [0.2, 0.25) is 0 Å². The van der Waals surface area contributed by atoms with Crippen molar-refractivity contribution in [1.82, 2.24) is 0 Å². The Morgan fingerprint density at radius 1 is 0.955 bits per heavy atom. The quantitative estimate of drug-likeness (QED) is 0.483. The van der Waals surface area contributed by atoms with Crippen molar-refractivity contribution in [3.05, 3.63) is 59.7 Å². The van der Waals surface area contributed by atoms with Gasteiger partial charge in [0.25, 0.3) is 0 Å². The Bertz CT molecular complexity index is 824. The third-order valence-corrected chi connectivity index (χ3v) is 4.88. The molecule has 1 nitrogen and oxygen atoms in total. The lowest BCUT2D eigenvalue weighted by atomic mass is 9.85. The second-order valence-corrected chi connectivity index (χ2v) is 6.39. The highest BCUT2D eigenvalue weighted by Gasteiger charge is 2.21. The first-order chi connectivity index (χ1) is 10.9. The molecular formula is C20H19ClO. The van der Waals surface area contributed by atoms with Gasteiger partial charge < -0.3 is 4.74 Å². The van der Waals surface area contributed by atoms with Crippen LogP contribution in [-0.4, -0.2) is 18.6 Å². The summed E-state index contributed by atoms with van der Waals surface area (Å²) in [5.74, 6) is 0.576. The van der Waals surface area contributed by atoms with Gasteiger partial charge in [-0.3, -0.25) is 0 Å². The van der Waals surface area contributed by atoms with Crippen molar-refractivity contribution < 1.29 is 4.74 Å². The van der Waals surface area contributed by atoms with Crippen molar-refractivity contribution in [2.75, 3.05) is 12.5 Å². The number of hydrogen-bond acceptors (Lipinski definition) is 1. The lowest BCUT2D eigenvalue weighted by Gasteiger charge is -2.26. The zero-order chi connectivity index (χ0) is 14.9. The largest absolute Gasteiger partial charge is 0.377 e. The van der Waals surface area contributed by atoms with Crippen molar-refractivity contribution in [2.45, 2.75) is 25.4 Å². The molecule has 0 N–H and O–H groups in total. The van der Waals surface area contributed by atoms with Gasteiger partial charge in [0.1, 0.15) is 0 Å². The molecule has 3 aromatic rings. The molecule has 0 spiro atoms. The van der Waals surface area contributed by atoms with Gasteiger partial charge in [-0.15, -0.1) is 11.6 Å². The van der Waals surface area contributed by atoms with Gasteiger partial charge in [-0.2, -0.15) is 0 Å². The van der Waals surface area contributed by atoms with Crippen LogP contribution in [0.5, 0.6) is 0 Å². The Balaban J connectivity index is 1.79. The van der Waals surface area contributed by atoms with Crippen molar-refractivity contribution in [1.29, 1.82) is 0 Å². The summed E-state index contributed by atoms with van der Waals surface area (Å²) in [6.45, 7) is 0.653. The number of halogens is 1. The molecule has 1 atom stereocenters. The van der Waals surface area contributed by atoms with E-state index in [0.717, 1.165) is 19.3 Å². The standard InChI is InChI=1S/C20H19ClO/c21-11-12-22-16-7-10-18-15(13-16)6-9-19-17-4-2-1-3-14(17)5-8-20(18)19/h1-6,8-9,16H,7,10-13H2. The highest BCUT2D eigenvalue weighted by molar-refractivity contribution is 6.18. The van der Waals surface area contributed by atoms with Gasteiger partial charge >= 0.3 is 0 Å². The van der Waals surface area contributed by atoms with Crippen LogP contribution in [0.15, 0.2) is 48.5 Å². The summed E-state index contributed by atoms with van der Waals surface area (Å²) in [7, 11) is 0. The molecule has 0 aliphatic heterocycles. The second-order valence-electron chi connectivity index (χ2n) is 6.01. The number of hydrogen-bond donors (Lipinski definition) is 0. The van der Waals surface area contributed by atoms with Crippen LogP contribution in [0.25, 0.3) is 21.5 Å². The lowest BCUT2D eigenvalue weighted by molar-refractivity contribution is 0.0549. The first-order valence-electron chi connectivity index (χ1n) is 7.96. The van der Waals surface area contributed by atoms with Crippen LogP contribution < -0.4 is 0 Å². The Kier molecular flexibility index (Phi) is 3.77. The molecule has 0 amide bonds. The van der Waals surface area contributed by atoms with E-state index in [1.54, 1.807) is 0 Å². The summed E-state index contributed by atoms with van der Waals surface area (Å²) in [5, 5.41) is 5.45. The van der Waals surface area contributed by atoms with Crippen molar-refractivity contribution in [3.63, 3.8) is 0 Å². The van der Waals surface area contributed by atoms with Crippen LogP contribution >= 0.6 is 11.6 Å². The maximum absolute atomic E-state index is 5.84.